The molecule has 13 nitrogen and oxygen atoms in total. The fraction of sp³-hybridized carbons (Fsp3) is 0.387. The monoisotopic (exact) mass is 612 g/mol. The van der Waals surface area contributed by atoms with Crippen LogP contribution in [0.15, 0.2) is 51.2 Å². The van der Waals surface area contributed by atoms with E-state index in [-0.39, 0.29) is 33.6 Å². The average molecular weight is 613 g/mol. The number of aliphatic hydroxyl groups is 1. The summed E-state index contributed by atoms with van der Waals surface area (Å²) in [6.45, 7) is 8.69. The smallest absolute Gasteiger partial charge is 0.404 e. The van der Waals surface area contributed by atoms with Crippen molar-refractivity contribution in [1.82, 2.24) is 0 Å². The van der Waals surface area contributed by atoms with Crippen molar-refractivity contribution in [2.24, 2.45) is 5.73 Å². The average Bonchev–Trinajstić information content (AvgIpc) is 2.94. The molecule has 0 spiro atoms. The first-order valence-corrected chi connectivity index (χ1v) is 13.7. The third-order valence-corrected chi connectivity index (χ3v) is 7.33. The number of aryl methyl sites for hydroxylation is 1. The van der Waals surface area contributed by atoms with Gasteiger partial charge in [0.25, 0.3) is 5.91 Å². The number of rotatable bonds is 8. The van der Waals surface area contributed by atoms with Crippen LogP contribution in [0.4, 0.5) is 10.5 Å². The van der Waals surface area contributed by atoms with Crippen molar-refractivity contribution in [2.75, 3.05) is 12.4 Å². The molecule has 1 unspecified atom stereocenters. The van der Waals surface area contributed by atoms with E-state index in [0.29, 0.717) is 12.0 Å². The molecule has 0 aliphatic carbocycles. The van der Waals surface area contributed by atoms with Crippen LogP contribution in [0, 0.1) is 6.92 Å². The van der Waals surface area contributed by atoms with Gasteiger partial charge >= 0.3 is 11.7 Å². The maximum absolute atomic E-state index is 13.0. The fourth-order valence-corrected chi connectivity index (χ4v) is 5.06. The Bertz CT molecular complexity index is 1670. The molecule has 44 heavy (non-hydrogen) atoms. The number of aromatic hydroxyl groups is 2. The van der Waals surface area contributed by atoms with Crippen molar-refractivity contribution in [3.63, 3.8) is 0 Å². The number of benzene rings is 2. The predicted octanol–water partition coefficient (Wildman–Crippen LogP) is 3.63. The Balaban J connectivity index is 1.63. The van der Waals surface area contributed by atoms with Gasteiger partial charge in [-0.15, -0.1) is 0 Å². The molecule has 1 aromatic heterocycles. The van der Waals surface area contributed by atoms with Gasteiger partial charge in [-0.05, 0) is 76.9 Å². The van der Waals surface area contributed by atoms with E-state index in [1.165, 1.54) is 37.4 Å². The lowest BCUT2D eigenvalue weighted by Gasteiger charge is -2.47. The predicted molar refractivity (Wildman–Crippen MR) is 159 cm³/mol. The molecular formula is C31H36N2O11. The number of primary amides is 1. The van der Waals surface area contributed by atoms with Gasteiger partial charge in [-0.1, -0.05) is 11.6 Å². The number of allylic oxidation sites excluding steroid dienone is 2. The summed E-state index contributed by atoms with van der Waals surface area (Å²) in [6, 6.07) is 7.12. The molecule has 0 radical (unpaired) electrons. The van der Waals surface area contributed by atoms with Gasteiger partial charge in [-0.3, -0.25) is 4.79 Å². The third-order valence-electron chi connectivity index (χ3n) is 7.33. The van der Waals surface area contributed by atoms with Crippen LogP contribution in [-0.2, 0) is 20.6 Å². The summed E-state index contributed by atoms with van der Waals surface area (Å²) >= 11 is 0. The number of amides is 2. The van der Waals surface area contributed by atoms with Crippen molar-refractivity contribution < 1.29 is 48.3 Å². The lowest BCUT2D eigenvalue weighted by Crippen LogP contribution is -2.65. The SMILES string of the molecule is CO[C@@H]1C(OC(N)=O)[C@H](O)[C@H](Oc2ccc3c(O)c(NC(=O)c4ccc(O)c(CC=C(C)C)c4)c(=O)oc3c2C)OC1(C)C. The van der Waals surface area contributed by atoms with Gasteiger partial charge in [0.2, 0.25) is 6.29 Å². The second-order valence-electron chi connectivity index (χ2n) is 11.2. The number of ether oxygens (including phenoxy) is 4. The number of hydrogen-bond acceptors (Lipinski definition) is 11. The molecule has 3 aromatic rings. The van der Waals surface area contributed by atoms with Crippen LogP contribution in [0.5, 0.6) is 17.2 Å². The number of nitrogens with one attached hydrogen (secondary N) is 1. The molecule has 0 saturated carbocycles. The number of anilines is 1. The highest BCUT2D eigenvalue weighted by Gasteiger charge is 2.53. The molecule has 0 bridgehead atoms. The number of hydrogen-bond donors (Lipinski definition) is 5. The second kappa shape index (κ2) is 12.6. The Morgan fingerprint density at radius 2 is 1.86 bits per heavy atom. The van der Waals surface area contributed by atoms with Crippen molar-refractivity contribution in [3.05, 3.63) is 69.1 Å². The highest BCUT2D eigenvalue weighted by atomic mass is 16.7. The fourth-order valence-electron chi connectivity index (χ4n) is 5.06. The number of phenolic OH excluding ortho intramolecular Hbond substituents is 1. The Labute approximate surface area is 252 Å². The highest BCUT2D eigenvalue weighted by Crippen LogP contribution is 2.38. The molecule has 1 aliphatic rings. The molecule has 13 heteroatoms. The lowest BCUT2D eigenvalue weighted by molar-refractivity contribution is -0.304. The zero-order valence-corrected chi connectivity index (χ0v) is 25.2. The maximum atomic E-state index is 13.0. The molecule has 2 amide bonds. The summed E-state index contributed by atoms with van der Waals surface area (Å²) in [4.78, 5) is 37.5. The Hall–Kier alpha value is -4.59. The number of aliphatic hydroxyl groups excluding tert-OH is 1. The second-order valence-corrected chi connectivity index (χ2v) is 11.2. The number of methoxy groups -OCH3 is 1. The number of fused-ring (bicyclic) bond motifs is 1. The molecule has 4 atom stereocenters. The van der Waals surface area contributed by atoms with E-state index in [1.54, 1.807) is 20.8 Å². The van der Waals surface area contributed by atoms with Crippen LogP contribution >= 0.6 is 0 Å². The topological polar surface area (TPSA) is 200 Å². The minimum absolute atomic E-state index is 0.0183. The summed E-state index contributed by atoms with van der Waals surface area (Å²) in [5.41, 5.74) is 4.54. The zero-order valence-electron chi connectivity index (χ0n) is 25.2. The quantitative estimate of drug-likeness (QED) is 0.184. The van der Waals surface area contributed by atoms with Crippen molar-refractivity contribution in [2.45, 2.75) is 71.2 Å². The van der Waals surface area contributed by atoms with E-state index < -0.39 is 59.3 Å². The van der Waals surface area contributed by atoms with Crippen LogP contribution in [0.1, 0.15) is 49.2 Å². The van der Waals surface area contributed by atoms with Gasteiger partial charge in [0, 0.05) is 18.2 Å². The Morgan fingerprint density at radius 3 is 2.50 bits per heavy atom. The first-order chi connectivity index (χ1) is 20.6. The molecular weight excluding hydrogens is 576 g/mol. The van der Waals surface area contributed by atoms with Crippen molar-refractivity contribution in [1.29, 1.82) is 0 Å². The molecule has 6 N–H and O–H groups in total. The minimum atomic E-state index is -1.52. The largest absolute Gasteiger partial charge is 0.508 e. The number of carbonyl (C=O) groups excluding carboxylic acids is 2. The van der Waals surface area contributed by atoms with Crippen LogP contribution in [0.3, 0.4) is 0 Å². The third kappa shape index (κ3) is 6.49. The van der Waals surface area contributed by atoms with Gasteiger partial charge in [0.05, 0.1) is 11.0 Å². The number of carbonyl (C=O) groups is 2. The summed E-state index contributed by atoms with van der Waals surface area (Å²) in [7, 11) is 1.37. The minimum Gasteiger partial charge on any atom is -0.508 e. The van der Waals surface area contributed by atoms with Crippen molar-refractivity contribution in [3.8, 4) is 17.2 Å². The van der Waals surface area contributed by atoms with E-state index in [0.717, 1.165) is 5.57 Å². The highest BCUT2D eigenvalue weighted by molar-refractivity contribution is 6.06. The van der Waals surface area contributed by atoms with Gasteiger partial charge < -0.3 is 49.7 Å². The van der Waals surface area contributed by atoms with Crippen LogP contribution in [-0.4, -0.2) is 64.6 Å². The molecule has 1 fully saturated rings. The summed E-state index contributed by atoms with van der Waals surface area (Å²) < 4.78 is 27.9. The van der Waals surface area contributed by atoms with E-state index in [1.807, 2.05) is 19.9 Å². The summed E-state index contributed by atoms with van der Waals surface area (Å²) in [6.07, 6.45) is -3.81. The van der Waals surface area contributed by atoms with Gasteiger partial charge in [-0.2, -0.15) is 0 Å². The first-order valence-electron chi connectivity index (χ1n) is 13.7. The molecule has 236 valence electrons. The van der Waals surface area contributed by atoms with Crippen molar-refractivity contribution >= 4 is 28.7 Å². The Morgan fingerprint density at radius 1 is 1.16 bits per heavy atom. The molecule has 1 aliphatic heterocycles. The van der Waals surface area contributed by atoms with E-state index >= 15 is 0 Å². The summed E-state index contributed by atoms with van der Waals surface area (Å²) in [5.74, 6) is -1.09. The Kier molecular flexibility index (Phi) is 9.23. The molecule has 1 saturated heterocycles. The first kappa shape index (κ1) is 32.3. The van der Waals surface area contributed by atoms with Crippen LogP contribution in [0.25, 0.3) is 11.0 Å². The molecule has 2 aromatic carbocycles. The summed E-state index contributed by atoms with van der Waals surface area (Å²) in [5, 5.41) is 34.6. The number of nitrogens with two attached hydrogens (primary N) is 1. The van der Waals surface area contributed by atoms with E-state index in [4.69, 9.17) is 29.1 Å². The standard InChI is InChI=1S/C31H36N2O11/c1-14(2)7-8-16-13-17(9-11-19(16)34)27(37)33-21-22(35)18-10-12-20(15(3)24(18)42-28(21)38)41-29-23(36)25(43-30(32)39)26(40-6)31(4,5)44-29/h7,9-13,23,25-26,29,34-36H,8H2,1-6H3,(H2,32,39)(H,33,37)/t23-,25?,26+,29+/m0/s1. The van der Waals surface area contributed by atoms with Gasteiger partial charge in [-0.25, -0.2) is 9.59 Å². The maximum Gasteiger partial charge on any atom is 0.404 e. The number of phenols is 1. The molecule has 2 heterocycles. The van der Waals surface area contributed by atoms with Crippen LogP contribution < -0.4 is 21.4 Å². The van der Waals surface area contributed by atoms with Crippen LogP contribution in [0.2, 0.25) is 0 Å². The normalized spacial score (nSPS) is 21.0. The molecule has 4 rings (SSSR count). The van der Waals surface area contributed by atoms with Gasteiger partial charge in [0.1, 0.15) is 23.2 Å². The van der Waals surface area contributed by atoms with E-state index in [2.05, 4.69) is 5.32 Å². The van der Waals surface area contributed by atoms with Gasteiger partial charge in [0.15, 0.2) is 23.6 Å². The zero-order chi connectivity index (χ0) is 32.5. The lowest BCUT2D eigenvalue weighted by atomic mass is 9.89. The van der Waals surface area contributed by atoms with E-state index in [9.17, 15) is 29.7 Å².